The highest BCUT2D eigenvalue weighted by molar-refractivity contribution is 5.21. The van der Waals surface area contributed by atoms with Crippen molar-refractivity contribution >= 4 is 0 Å². The van der Waals surface area contributed by atoms with Gasteiger partial charge in [-0.2, -0.15) is 0 Å². The van der Waals surface area contributed by atoms with Crippen LogP contribution in [0.15, 0.2) is 35.8 Å². The van der Waals surface area contributed by atoms with Gasteiger partial charge in [-0.15, -0.1) is 0 Å². The van der Waals surface area contributed by atoms with E-state index in [2.05, 4.69) is 0 Å². The van der Waals surface area contributed by atoms with Crippen molar-refractivity contribution in [3.63, 3.8) is 0 Å². The first-order valence-corrected chi connectivity index (χ1v) is 3.10. The zero-order valence-electron chi connectivity index (χ0n) is 6.20. The Morgan fingerprint density at radius 3 is 2.10 bits per heavy atom. The van der Waals surface area contributed by atoms with Gasteiger partial charge in [-0.05, 0) is 26.0 Å². The fourth-order valence-corrected chi connectivity index (χ4v) is 0.421. The average Bonchev–Trinajstić information content (AvgIpc) is 1.98. The second kappa shape index (κ2) is 4.68. The van der Waals surface area contributed by atoms with Crippen molar-refractivity contribution in [3.05, 3.63) is 35.8 Å². The SMILES string of the molecule is C\C=C/C=C(O)\C(O)=C/C. The van der Waals surface area contributed by atoms with Gasteiger partial charge in [-0.3, -0.25) is 0 Å². The number of aliphatic hydroxyl groups excluding tert-OH is 2. The van der Waals surface area contributed by atoms with Gasteiger partial charge in [0.1, 0.15) is 0 Å². The minimum absolute atomic E-state index is 0.0990. The van der Waals surface area contributed by atoms with Crippen LogP contribution in [-0.4, -0.2) is 10.2 Å². The van der Waals surface area contributed by atoms with E-state index < -0.39 is 0 Å². The number of hydrogen-bond donors (Lipinski definition) is 2. The van der Waals surface area contributed by atoms with Gasteiger partial charge in [0, 0.05) is 0 Å². The predicted molar refractivity (Wildman–Crippen MR) is 41.9 cm³/mol. The van der Waals surface area contributed by atoms with Crippen molar-refractivity contribution < 1.29 is 10.2 Å². The second-order valence-corrected chi connectivity index (χ2v) is 1.75. The summed E-state index contributed by atoms with van der Waals surface area (Å²) in [6.07, 6.45) is 6.26. The number of aliphatic hydroxyl groups is 2. The minimum atomic E-state index is -0.111. The Hall–Kier alpha value is -1.18. The molecular formula is C8H12O2. The molecule has 0 aliphatic carbocycles. The molecule has 0 atom stereocenters. The zero-order chi connectivity index (χ0) is 7.98. The predicted octanol–water partition coefficient (Wildman–Crippen LogP) is 2.47. The van der Waals surface area contributed by atoms with Crippen LogP contribution in [0.25, 0.3) is 0 Å². The molecule has 0 aromatic rings. The summed E-state index contributed by atoms with van der Waals surface area (Å²) in [5.41, 5.74) is 0. The lowest BCUT2D eigenvalue weighted by molar-refractivity contribution is 0.326. The molecule has 0 bridgehead atoms. The first-order chi connectivity index (χ1) is 4.72. The van der Waals surface area contributed by atoms with Crippen LogP contribution in [-0.2, 0) is 0 Å². The van der Waals surface area contributed by atoms with E-state index in [0.29, 0.717) is 0 Å². The van der Waals surface area contributed by atoms with Gasteiger partial charge in [0.05, 0.1) is 0 Å². The zero-order valence-corrected chi connectivity index (χ0v) is 6.20. The molecule has 0 radical (unpaired) electrons. The van der Waals surface area contributed by atoms with Gasteiger partial charge in [-0.25, -0.2) is 0 Å². The Morgan fingerprint density at radius 1 is 1.10 bits per heavy atom. The first-order valence-electron chi connectivity index (χ1n) is 3.10. The smallest absolute Gasteiger partial charge is 0.157 e. The first kappa shape index (κ1) is 8.82. The standard InChI is InChI=1S/C8H12O2/c1-3-5-6-8(10)7(9)4-2/h3-6,9-10H,1-2H3/b5-3-,7-4+,8-6+. The molecule has 0 aliphatic heterocycles. The summed E-state index contributed by atoms with van der Waals surface area (Å²) in [7, 11) is 0. The molecule has 2 nitrogen and oxygen atoms in total. The minimum Gasteiger partial charge on any atom is -0.504 e. The molecular weight excluding hydrogens is 128 g/mol. The lowest BCUT2D eigenvalue weighted by Gasteiger charge is -1.93. The molecule has 56 valence electrons. The van der Waals surface area contributed by atoms with Crippen LogP contribution in [0.4, 0.5) is 0 Å². The maximum absolute atomic E-state index is 8.94. The Labute approximate surface area is 60.8 Å². The summed E-state index contributed by atoms with van der Waals surface area (Å²) in [6.45, 7) is 3.48. The third kappa shape index (κ3) is 2.97. The summed E-state index contributed by atoms with van der Waals surface area (Å²) in [6, 6.07) is 0. The van der Waals surface area contributed by atoms with Gasteiger partial charge in [0.25, 0.3) is 0 Å². The van der Waals surface area contributed by atoms with E-state index in [-0.39, 0.29) is 11.5 Å². The maximum Gasteiger partial charge on any atom is 0.157 e. The Balaban J connectivity index is 4.19. The topological polar surface area (TPSA) is 40.5 Å². The van der Waals surface area contributed by atoms with Crippen LogP contribution < -0.4 is 0 Å². The van der Waals surface area contributed by atoms with Crippen LogP contribution in [0.5, 0.6) is 0 Å². The molecule has 0 aliphatic rings. The van der Waals surface area contributed by atoms with Gasteiger partial charge in [0.2, 0.25) is 0 Å². The quantitative estimate of drug-likeness (QED) is 0.457. The largest absolute Gasteiger partial charge is 0.504 e. The number of hydrogen-bond acceptors (Lipinski definition) is 2. The van der Waals surface area contributed by atoms with Crippen molar-refractivity contribution in [2.75, 3.05) is 0 Å². The van der Waals surface area contributed by atoms with E-state index in [1.807, 2.05) is 6.92 Å². The fourth-order valence-electron chi connectivity index (χ4n) is 0.421. The molecule has 0 rings (SSSR count). The number of allylic oxidation sites excluding steroid dienone is 4. The highest BCUT2D eigenvalue weighted by atomic mass is 16.3. The summed E-state index contributed by atoms with van der Waals surface area (Å²) in [5, 5.41) is 17.8. The number of rotatable bonds is 2. The summed E-state index contributed by atoms with van der Waals surface area (Å²) < 4.78 is 0. The molecule has 0 fully saturated rings. The maximum atomic E-state index is 8.94. The molecule has 2 N–H and O–H groups in total. The van der Waals surface area contributed by atoms with E-state index in [1.54, 1.807) is 19.1 Å². The van der Waals surface area contributed by atoms with E-state index in [4.69, 9.17) is 10.2 Å². The van der Waals surface area contributed by atoms with Crippen LogP contribution in [0.1, 0.15) is 13.8 Å². The summed E-state index contributed by atoms with van der Waals surface area (Å²) in [5.74, 6) is -0.210. The van der Waals surface area contributed by atoms with E-state index in [0.717, 1.165) is 0 Å². The van der Waals surface area contributed by atoms with Gasteiger partial charge in [0.15, 0.2) is 11.5 Å². The van der Waals surface area contributed by atoms with Gasteiger partial charge < -0.3 is 10.2 Å². The molecule has 0 unspecified atom stereocenters. The average molecular weight is 140 g/mol. The van der Waals surface area contributed by atoms with Crippen molar-refractivity contribution in [2.24, 2.45) is 0 Å². The lowest BCUT2D eigenvalue weighted by Crippen LogP contribution is -1.84. The van der Waals surface area contributed by atoms with Crippen molar-refractivity contribution in [1.29, 1.82) is 0 Å². The normalized spacial score (nSPS) is 14.6. The van der Waals surface area contributed by atoms with Crippen LogP contribution in [0.2, 0.25) is 0 Å². The lowest BCUT2D eigenvalue weighted by atomic mass is 10.3. The van der Waals surface area contributed by atoms with Crippen molar-refractivity contribution in [3.8, 4) is 0 Å². The monoisotopic (exact) mass is 140 g/mol. The third-order valence-electron chi connectivity index (χ3n) is 0.982. The van der Waals surface area contributed by atoms with Crippen molar-refractivity contribution in [2.45, 2.75) is 13.8 Å². The van der Waals surface area contributed by atoms with Crippen LogP contribution in [0.3, 0.4) is 0 Å². The van der Waals surface area contributed by atoms with E-state index in [9.17, 15) is 0 Å². The molecule has 2 heteroatoms. The fraction of sp³-hybridized carbons (Fsp3) is 0.250. The molecule has 0 amide bonds. The Morgan fingerprint density at radius 2 is 1.70 bits per heavy atom. The highest BCUT2D eigenvalue weighted by Gasteiger charge is 1.93. The third-order valence-corrected chi connectivity index (χ3v) is 0.982. The van der Waals surface area contributed by atoms with E-state index in [1.165, 1.54) is 12.2 Å². The summed E-state index contributed by atoms with van der Waals surface area (Å²) >= 11 is 0. The Bertz CT molecular complexity index is 176. The Kier molecular flexibility index (Phi) is 4.12. The molecule has 0 heterocycles. The molecule has 10 heavy (non-hydrogen) atoms. The summed E-state index contributed by atoms with van der Waals surface area (Å²) in [4.78, 5) is 0. The highest BCUT2D eigenvalue weighted by Crippen LogP contribution is 2.00. The van der Waals surface area contributed by atoms with E-state index >= 15 is 0 Å². The molecule has 0 saturated heterocycles. The van der Waals surface area contributed by atoms with Crippen LogP contribution >= 0.6 is 0 Å². The molecule has 0 aromatic heterocycles. The van der Waals surface area contributed by atoms with Gasteiger partial charge in [-0.1, -0.05) is 12.2 Å². The van der Waals surface area contributed by atoms with Gasteiger partial charge >= 0.3 is 0 Å². The van der Waals surface area contributed by atoms with Crippen molar-refractivity contribution in [1.82, 2.24) is 0 Å². The molecule has 0 aromatic carbocycles. The second-order valence-electron chi connectivity index (χ2n) is 1.75. The molecule has 0 saturated carbocycles. The van der Waals surface area contributed by atoms with Crippen LogP contribution in [0, 0.1) is 0 Å². The molecule has 0 spiro atoms.